The molecule has 0 saturated heterocycles. The SMILES string of the molecule is C1=C[Se]C(=C2[Se]C=C[Se]2)[Se]1. The van der Waals surface area contributed by atoms with Crippen LogP contribution in [-0.4, -0.2) is 59.8 Å². The van der Waals surface area contributed by atoms with E-state index >= 15 is 0 Å². The fourth-order valence-corrected chi connectivity index (χ4v) is 13.4. The van der Waals surface area contributed by atoms with Gasteiger partial charge in [-0.25, -0.2) is 0 Å². The molecule has 0 aromatic carbocycles. The van der Waals surface area contributed by atoms with Crippen molar-refractivity contribution in [2.45, 2.75) is 0 Å². The van der Waals surface area contributed by atoms with E-state index in [-0.39, 0.29) is 0 Å². The zero-order valence-electron chi connectivity index (χ0n) is 4.94. The summed E-state index contributed by atoms with van der Waals surface area (Å²) in [6.07, 6.45) is 0. The molecule has 0 aromatic heterocycles. The predicted octanol–water partition coefficient (Wildman–Crippen LogP) is -0.101. The van der Waals surface area contributed by atoms with Gasteiger partial charge in [-0.1, -0.05) is 0 Å². The molecular weight excluding hydrogens is 388 g/mol. The average Bonchev–Trinajstić information content (AvgIpc) is 2.59. The summed E-state index contributed by atoms with van der Waals surface area (Å²) >= 11 is 3.07. The van der Waals surface area contributed by atoms with E-state index in [0.717, 1.165) is 59.8 Å². The number of rotatable bonds is 0. The van der Waals surface area contributed by atoms with Gasteiger partial charge < -0.3 is 0 Å². The molecule has 2 heterocycles. The second kappa shape index (κ2) is 3.80. The molecule has 0 aromatic rings. The summed E-state index contributed by atoms with van der Waals surface area (Å²) in [6, 6.07) is 0. The summed E-state index contributed by atoms with van der Waals surface area (Å²) in [7, 11) is 0. The summed E-state index contributed by atoms with van der Waals surface area (Å²) in [4.78, 5) is 9.55. The van der Waals surface area contributed by atoms with E-state index in [4.69, 9.17) is 0 Å². The Balaban J connectivity index is 2.14. The van der Waals surface area contributed by atoms with E-state index in [9.17, 15) is 0 Å². The first-order valence-electron chi connectivity index (χ1n) is 2.68. The van der Waals surface area contributed by atoms with E-state index in [1.165, 1.54) is 0 Å². The Morgan fingerprint density at radius 3 is 1.20 bits per heavy atom. The molecular formula is C6H4Se4. The summed E-state index contributed by atoms with van der Waals surface area (Å²) in [5.74, 6) is 0. The van der Waals surface area contributed by atoms with Crippen molar-refractivity contribution >= 4 is 59.8 Å². The maximum absolute atomic E-state index is 2.39. The first-order valence-corrected chi connectivity index (χ1v) is 10.1. The van der Waals surface area contributed by atoms with E-state index in [2.05, 4.69) is 19.9 Å². The van der Waals surface area contributed by atoms with Crippen LogP contribution in [-0.2, 0) is 0 Å². The Labute approximate surface area is 85.6 Å². The van der Waals surface area contributed by atoms with Gasteiger partial charge in [0.2, 0.25) is 0 Å². The minimum absolute atomic E-state index is 0.769. The first kappa shape index (κ1) is 7.92. The Morgan fingerprint density at radius 2 is 0.900 bits per heavy atom. The van der Waals surface area contributed by atoms with Gasteiger partial charge in [0.05, 0.1) is 0 Å². The van der Waals surface area contributed by atoms with Crippen LogP contribution < -0.4 is 0 Å². The van der Waals surface area contributed by atoms with Gasteiger partial charge in [0.25, 0.3) is 0 Å². The van der Waals surface area contributed by atoms with Crippen LogP contribution in [0.5, 0.6) is 0 Å². The fourth-order valence-electron chi connectivity index (χ4n) is 0.606. The van der Waals surface area contributed by atoms with Crippen molar-refractivity contribution in [3.8, 4) is 0 Å². The predicted molar refractivity (Wildman–Crippen MR) is 48.3 cm³/mol. The molecule has 0 radical (unpaired) electrons. The summed E-state index contributed by atoms with van der Waals surface area (Å²) < 4.78 is 3.70. The normalized spacial score (nSPS) is 23.2. The first-order chi connectivity index (χ1) is 4.97. The third kappa shape index (κ3) is 1.72. The van der Waals surface area contributed by atoms with Crippen LogP contribution in [0.3, 0.4) is 0 Å². The molecule has 0 fully saturated rings. The summed E-state index contributed by atoms with van der Waals surface area (Å²) in [5, 5.41) is 0. The quantitative estimate of drug-likeness (QED) is 0.506. The third-order valence-corrected chi connectivity index (χ3v) is 15.3. The maximum atomic E-state index is 2.39. The van der Waals surface area contributed by atoms with Crippen molar-refractivity contribution in [1.29, 1.82) is 0 Å². The second-order valence-corrected chi connectivity index (χ2v) is 11.9. The molecule has 4 heteroatoms. The molecule has 0 N–H and O–H groups in total. The van der Waals surface area contributed by atoms with Crippen molar-refractivity contribution in [2.75, 3.05) is 0 Å². The van der Waals surface area contributed by atoms with Crippen LogP contribution in [0.1, 0.15) is 0 Å². The number of hydrogen-bond acceptors (Lipinski definition) is 0. The third-order valence-electron chi connectivity index (χ3n) is 0.978. The molecule has 0 atom stereocenters. The van der Waals surface area contributed by atoms with Gasteiger partial charge in [0, 0.05) is 0 Å². The summed E-state index contributed by atoms with van der Waals surface area (Å²) in [6.45, 7) is 0. The molecule has 52 valence electrons. The topological polar surface area (TPSA) is 0 Å². The van der Waals surface area contributed by atoms with E-state index in [0.29, 0.717) is 0 Å². The second-order valence-electron chi connectivity index (χ2n) is 1.59. The number of hydrogen-bond donors (Lipinski definition) is 0. The molecule has 0 amide bonds. The molecule has 10 heavy (non-hydrogen) atoms. The van der Waals surface area contributed by atoms with Crippen molar-refractivity contribution in [1.82, 2.24) is 0 Å². The van der Waals surface area contributed by atoms with Gasteiger partial charge >= 0.3 is 86.5 Å². The van der Waals surface area contributed by atoms with Crippen molar-refractivity contribution in [2.24, 2.45) is 0 Å². The van der Waals surface area contributed by atoms with Crippen LogP contribution in [0.25, 0.3) is 0 Å². The molecule has 2 aliphatic rings. The Kier molecular flexibility index (Phi) is 3.01. The van der Waals surface area contributed by atoms with Crippen molar-refractivity contribution < 1.29 is 0 Å². The molecule has 0 aliphatic carbocycles. The van der Waals surface area contributed by atoms with Gasteiger partial charge in [-0.3, -0.25) is 0 Å². The van der Waals surface area contributed by atoms with Gasteiger partial charge in [-0.2, -0.15) is 0 Å². The zero-order chi connectivity index (χ0) is 6.81. The van der Waals surface area contributed by atoms with Gasteiger partial charge in [0.15, 0.2) is 0 Å². The van der Waals surface area contributed by atoms with E-state index in [1.807, 2.05) is 6.74 Å². The average molecular weight is 392 g/mol. The van der Waals surface area contributed by atoms with Crippen LogP contribution in [0.4, 0.5) is 0 Å². The van der Waals surface area contributed by atoms with E-state index in [1.54, 1.807) is 0 Å². The molecule has 0 bridgehead atoms. The molecule has 2 rings (SSSR count). The molecule has 2 aliphatic heterocycles. The van der Waals surface area contributed by atoms with Crippen LogP contribution in [0.15, 0.2) is 26.6 Å². The minimum atomic E-state index is 0.769. The zero-order valence-corrected chi connectivity index (χ0v) is 11.8. The molecule has 0 spiro atoms. The molecule has 0 nitrogen and oxygen atoms in total. The summed E-state index contributed by atoms with van der Waals surface area (Å²) in [5.41, 5.74) is 0. The molecule has 0 saturated carbocycles. The van der Waals surface area contributed by atoms with Gasteiger partial charge in [-0.15, -0.1) is 0 Å². The van der Waals surface area contributed by atoms with Gasteiger partial charge in [0.1, 0.15) is 0 Å². The molecule has 0 unspecified atom stereocenters. The Bertz CT molecular complexity index is 182. The van der Waals surface area contributed by atoms with Crippen LogP contribution >= 0.6 is 0 Å². The van der Waals surface area contributed by atoms with Crippen LogP contribution in [0.2, 0.25) is 0 Å². The Morgan fingerprint density at radius 1 is 0.600 bits per heavy atom. The van der Waals surface area contributed by atoms with Gasteiger partial charge in [-0.05, 0) is 0 Å². The fraction of sp³-hybridized carbons (Fsp3) is 0. The monoisotopic (exact) mass is 396 g/mol. The van der Waals surface area contributed by atoms with E-state index < -0.39 is 0 Å². The van der Waals surface area contributed by atoms with Crippen molar-refractivity contribution in [3.05, 3.63) is 26.6 Å². The Hall–Kier alpha value is 1.30. The van der Waals surface area contributed by atoms with Crippen molar-refractivity contribution in [3.63, 3.8) is 0 Å². The van der Waals surface area contributed by atoms with Crippen LogP contribution in [0, 0.1) is 0 Å². The standard InChI is InChI=1S/C6H4Se4/c1-2-8-5(7-1)6-9-3-4-10-6/h1-4H.